The third-order valence-electron chi connectivity index (χ3n) is 1.73. The van der Waals surface area contributed by atoms with Crippen LogP contribution in [0.2, 0.25) is 0 Å². The maximum absolute atomic E-state index is 8.91. The summed E-state index contributed by atoms with van der Waals surface area (Å²) in [5.41, 5.74) is 0. The molecule has 13 heavy (non-hydrogen) atoms. The minimum atomic E-state index is -0.0323. The van der Waals surface area contributed by atoms with E-state index in [1.165, 1.54) is 0 Å². The maximum atomic E-state index is 8.91. The molecule has 1 unspecified atom stereocenters. The quantitative estimate of drug-likeness (QED) is 0.672. The van der Waals surface area contributed by atoms with Crippen LogP contribution >= 0.6 is 0 Å². The van der Waals surface area contributed by atoms with Crippen molar-refractivity contribution in [3.8, 4) is 0 Å². The van der Waals surface area contributed by atoms with E-state index in [2.05, 4.69) is 5.32 Å². The fraction of sp³-hybridized carbons (Fsp3) is 0.556. The first-order valence-electron chi connectivity index (χ1n) is 4.22. The monoisotopic (exact) mass is 185 g/mol. The van der Waals surface area contributed by atoms with Crippen molar-refractivity contribution in [1.82, 2.24) is 5.32 Å². The first-order valence-corrected chi connectivity index (χ1v) is 4.22. The van der Waals surface area contributed by atoms with Gasteiger partial charge in [-0.05, 0) is 12.1 Å². The van der Waals surface area contributed by atoms with E-state index in [0.717, 1.165) is 5.76 Å². The predicted octanol–water partition coefficient (Wildman–Crippen LogP) is 0.376. The van der Waals surface area contributed by atoms with E-state index in [0.29, 0.717) is 13.2 Å². The second kappa shape index (κ2) is 5.75. The summed E-state index contributed by atoms with van der Waals surface area (Å²) < 4.78 is 10.0. The molecule has 4 heteroatoms. The molecule has 0 aliphatic carbocycles. The SMILES string of the molecule is COCC(CO)NCc1ccco1. The number of nitrogens with one attached hydrogen (secondary N) is 1. The fourth-order valence-corrected chi connectivity index (χ4v) is 1.04. The Bertz CT molecular complexity index is 211. The average Bonchev–Trinajstić information content (AvgIpc) is 2.64. The third-order valence-corrected chi connectivity index (χ3v) is 1.73. The molecule has 0 radical (unpaired) electrons. The van der Waals surface area contributed by atoms with Crippen LogP contribution in [0.1, 0.15) is 5.76 Å². The molecule has 0 spiro atoms. The smallest absolute Gasteiger partial charge is 0.117 e. The van der Waals surface area contributed by atoms with E-state index in [4.69, 9.17) is 14.3 Å². The first kappa shape index (κ1) is 10.2. The normalized spacial score (nSPS) is 13.1. The van der Waals surface area contributed by atoms with Crippen LogP contribution in [0, 0.1) is 0 Å². The van der Waals surface area contributed by atoms with Crippen molar-refractivity contribution >= 4 is 0 Å². The molecule has 0 aliphatic rings. The minimum absolute atomic E-state index is 0.0323. The summed E-state index contributed by atoms with van der Waals surface area (Å²) in [4.78, 5) is 0. The number of furan rings is 1. The van der Waals surface area contributed by atoms with Crippen LogP contribution in [0.25, 0.3) is 0 Å². The lowest BCUT2D eigenvalue weighted by atomic mass is 10.3. The molecular formula is C9H15NO3. The van der Waals surface area contributed by atoms with E-state index in [9.17, 15) is 0 Å². The lowest BCUT2D eigenvalue weighted by Gasteiger charge is -2.13. The average molecular weight is 185 g/mol. The minimum Gasteiger partial charge on any atom is -0.468 e. The van der Waals surface area contributed by atoms with Crippen molar-refractivity contribution in [2.24, 2.45) is 0 Å². The lowest BCUT2D eigenvalue weighted by molar-refractivity contribution is 0.127. The molecule has 0 fully saturated rings. The van der Waals surface area contributed by atoms with Gasteiger partial charge in [-0.1, -0.05) is 0 Å². The second-order valence-electron chi connectivity index (χ2n) is 2.80. The Kier molecular flexibility index (Phi) is 4.53. The van der Waals surface area contributed by atoms with Crippen LogP contribution in [0.5, 0.6) is 0 Å². The van der Waals surface area contributed by atoms with Gasteiger partial charge in [-0.2, -0.15) is 0 Å². The van der Waals surface area contributed by atoms with E-state index in [-0.39, 0.29) is 12.6 Å². The van der Waals surface area contributed by atoms with Gasteiger partial charge in [-0.25, -0.2) is 0 Å². The van der Waals surface area contributed by atoms with Crippen LogP contribution in [0.3, 0.4) is 0 Å². The van der Waals surface area contributed by atoms with Crippen LogP contribution < -0.4 is 5.32 Å². The van der Waals surface area contributed by atoms with Gasteiger partial charge in [0, 0.05) is 7.11 Å². The highest BCUT2D eigenvalue weighted by atomic mass is 16.5. The number of hydrogen-bond donors (Lipinski definition) is 2. The highest BCUT2D eigenvalue weighted by molar-refractivity contribution is 4.97. The summed E-state index contributed by atoms with van der Waals surface area (Å²) in [5.74, 6) is 0.856. The third kappa shape index (κ3) is 3.59. The van der Waals surface area contributed by atoms with Gasteiger partial charge in [0.05, 0.1) is 32.1 Å². The molecule has 1 rings (SSSR count). The summed E-state index contributed by atoms with van der Waals surface area (Å²) in [6, 6.07) is 3.69. The molecule has 1 atom stereocenters. The largest absolute Gasteiger partial charge is 0.468 e. The predicted molar refractivity (Wildman–Crippen MR) is 48.3 cm³/mol. The molecule has 4 nitrogen and oxygen atoms in total. The van der Waals surface area contributed by atoms with Gasteiger partial charge in [0.25, 0.3) is 0 Å². The number of hydrogen-bond acceptors (Lipinski definition) is 4. The van der Waals surface area contributed by atoms with Crippen LogP contribution in [-0.2, 0) is 11.3 Å². The van der Waals surface area contributed by atoms with Gasteiger partial charge in [0.15, 0.2) is 0 Å². The first-order chi connectivity index (χ1) is 6.36. The van der Waals surface area contributed by atoms with Crippen LogP contribution in [-0.4, -0.2) is 31.5 Å². The van der Waals surface area contributed by atoms with E-state index in [1.54, 1.807) is 13.4 Å². The summed E-state index contributed by atoms with van der Waals surface area (Å²) in [6.07, 6.45) is 1.63. The zero-order valence-corrected chi connectivity index (χ0v) is 7.69. The van der Waals surface area contributed by atoms with Crippen LogP contribution in [0.15, 0.2) is 22.8 Å². The molecule has 0 amide bonds. The van der Waals surface area contributed by atoms with Crippen molar-refractivity contribution in [3.63, 3.8) is 0 Å². The van der Waals surface area contributed by atoms with Crippen molar-refractivity contribution in [3.05, 3.63) is 24.2 Å². The van der Waals surface area contributed by atoms with Gasteiger partial charge < -0.3 is 19.6 Å². The molecular weight excluding hydrogens is 170 g/mol. The molecule has 0 bridgehead atoms. The van der Waals surface area contributed by atoms with Crippen molar-refractivity contribution < 1.29 is 14.3 Å². The number of ether oxygens (including phenoxy) is 1. The molecule has 1 heterocycles. The highest BCUT2D eigenvalue weighted by Gasteiger charge is 2.06. The Morgan fingerprint density at radius 3 is 3.08 bits per heavy atom. The number of methoxy groups -OCH3 is 1. The van der Waals surface area contributed by atoms with Crippen LogP contribution in [0.4, 0.5) is 0 Å². The Balaban J connectivity index is 2.23. The molecule has 0 aromatic carbocycles. The summed E-state index contributed by atoms with van der Waals surface area (Å²) >= 11 is 0. The Labute approximate surface area is 77.5 Å². The number of rotatable bonds is 6. The Morgan fingerprint density at radius 2 is 2.54 bits per heavy atom. The van der Waals surface area contributed by atoms with E-state index < -0.39 is 0 Å². The highest BCUT2D eigenvalue weighted by Crippen LogP contribution is 1.99. The van der Waals surface area contributed by atoms with Gasteiger partial charge >= 0.3 is 0 Å². The standard InChI is InChI=1S/C9H15NO3/c1-12-7-8(6-11)10-5-9-3-2-4-13-9/h2-4,8,10-11H,5-7H2,1H3. The molecule has 0 saturated carbocycles. The second-order valence-corrected chi connectivity index (χ2v) is 2.80. The van der Waals surface area contributed by atoms with Crippen molar-refractivity contribution in [2.75, 3.05) is 20.3 Å². The van der Waals surface area contributed by atoms with Gasteiger partial charge in [-0.15, -0.1) is 0 Å². The topological polar surface area (TPSA) is 54.6 Å². The number of aliphatic hydroxyl groups is 1. The van der Waals surface area contributed by atoms with Gasteiger partial charge in [0.2, 0.25) is 0 Å². The van der Waals surface area contributed by atoms with Crippen molar-refractivity contribution in [2.45, 2.75) is 12.6 Å². The molecule has 1 aromatic rings. The summed E-state index contributed by atoms with van der Waals surface area (Å²) in [6.45, 7) is 1.17. The zero-order valence-electron chi connectivity index (χ0n) is 7.69. The lowest BCUT2D eigenvalue weighted by Crippen LogP contribution is -2.35. The molecule has 1 aromatic heterocycles. The fourth-order valence-electron chi connectivity index (χ4n) is 1.04. The molecule has 0 saturated heterocycles. The summed E-state index contributed by atoms with van der Waals surface area (Å²) in [7, 11) is 1.61. The Hall–Kier alpha value is -0.840. The zero-order chi connectivity index (χ0) is 9.52. The number of aliphatic hydroxyl groups excluding tert-OH is 1. The van der Waals surface area contributed by atoms with Crippen molar-refractivity contribution in [1.29, 1.82) is 0 Å². The van der Waals surface area contributed by atoms with Gasteiger partial charge in [-0.3, -0.25) is 0 Å². The molecule has 2 N–H and O–H groups in total. The maximum Gasteiger partial charge on any atom is 0.117 e. The Morgan fingerprint density at radius 1 is 1.69 bits per heavy atom. The van der Waals surface area contributed by atoms with E-state index in [1.807, 2.05) is 12.1 Å². The van der Waals surface area contributed by atoms with Gasteiger partial charge in [0.1, 0.15) is 5.76 Å². The summed E-state index contributed by atoms with van der Waals surface area (Å²) in [5, 5.41) is 12.0. The van der Waals surface area contributed by atoms with E-state index >= 15 is 0 Å². The molecule has 74 valence electrons. The molecule has 0 aliphatic heterocycles.